The lowest BCUT2D eigenvalue weighted by atomic mass is 10.1. The molecule has 0 aliphatic carbocycles. The number of aromatic nitrogens is 3. The number of nitrogens with zero attached hydrogens (tertiary/aromatic N) is 3. The molecule has 0 amide bonds. The first-order chi connectivity index (χ1) is 12.2. The molecule has 0 N–H and O–H groups in total. The van der Waals surface area contributed by atoms with E-state index in [1.54, 1.807) is 29.0 Å². The molecule has 3 aromatic heterocycles. The molecule has 0 unspecified atom stereocenters. The maximum atomic E-state index is 12.9. The fourth-order valence-corrected chi connectivity index (χ4v) is 2.98. The zero-order chi connectivity index (χ0) is 17.4. The van der Waals surface area contributed by atoms with Gasteiger partial charge in [0.2, 0.25) is 0 Å². The van der Waals surface area contributed by atoms with E-state index in [9.17, 15) is 9.59 Å². The monoisotopic (exact) mass is 333 g/mol. The van der Waals surface area contributed by atoms with Gasteiger partial charge in [0.1, 0.15) is 5.52 Å². The summed E-state index contributed by atoms with van der Waals surface area (Å²) in [6.45, 7) is 0.371. The van der Waals surface area contributed by atoms with Gasteiger partial charge in [-0.15, -0.1) is 0 Å². The first kappa shape index (κ1) is 15.1. The van der Waals surface area contributed by atoms with Crippen LogP contribution in [0.1, 0.15) is 15.9 Å². The van der Waals surface area contributed by atoms with Crippen molar-refractivity contribution in [3.05, 3.63) is 82.4 Å². The molecule has 0 spiro atoms. The first-order valence-corrected chi connectivity index (χ1v) is 7.81. The molecule has 4 rings (SSSR count). The van der Waals surface area contributed by atoms with Crippen molar-refractivity contribution in [2.24, 2.45) is 0 Å². The second-order valence-corrected chi connectivity index (χ2v) is 5.69. The Morgan fingerprint density at radius 3 is 2.60 bits per heavy atom. The van der Waals surface area contributed by atoms with E-state index in [4.69, 9.17) is 4.74 Å². The van der Waals surface area contributed by atoms with Crippen LogP contribution >= 0.6 is 0 Å². The second-order valence-electron chi connectivity index (χ2n) is 5.69. The number of methoxy groups -OCH3 is 1. The van der Waals surface area contributed by atoms with E-state index in [2.05, 4.69) is 4.98 Å². The Hall–Kier alpha value is -3.41. The molecule has 0 radical (unpaired) electrons. The highest BCUT2D eigenvalue weighted by Gasteiger charge is 2.12. The average Bonchev–Trinajstić information content (AvgIpc) is 3.15. The van der Waals surface area contributed by atoms with Crippen LogP contribution in [0.25, 0.3) is 16.7 Å². The molecule has 6 nitrogen and oxygen atoms in total. The van der Waals surface area contributed by atoms with Gasteiger partial charge in [0.05, 0.1) is 24.7 Å². The molecule has 124 valence electrons. The number of hydrogen-bond acceptors (Lipinski definition) is 4. The minimum atomic E-state index is -0.384. The van der Waals surface area contributed by atoms with E-state index in [0.717, 1.165) is 11.1 Å². The normalized spacial score (nSPS) is 11.1. The highest BCUT2D eigenvalue weighted by molar-refractivity contribution is 5.89. The van der Waals surface area contributed by atoms with Gasteiger partial charge < -0.3 is 9.14 Å². The van der Waals surface area contributed by atoms with Crippen LogP contribution in [-0.2, 0) is 11.3 Å². The Bertz CT molecular complexity index is 1140. The molecule has 6 heteroatoms. The van der Waals surface area contributed by atoms with Crippen LogP contribution in [0.15, 0.2) is 65.7 Å². The number of fused-ring (bicyclic) bond motifs is 3. The van der Waals surface area contributed by atoms with Crippen LogP contribution in [0.2, 0.25) is 0 Å². The Kier molecular flexibility index (Phi) is 3.57. The van der Waals surface area contributed by atoms with Crippen LogP contribution in [0, 0.1) is 0 Å². The molecule has 0 saturated carbocycles. The van der Waals surface area contributed by atoms with E-state index in [-0.39, 0.29) is 11.5 Å². The summed E-state index contributed by atoms with van der Waals surface area (Å²) in [5, 5.41) is 0. The van der Waals surface area contributed by atoms with Gasteiger partial charge in [-0.25, -0.2) is 9.78 Å². The summed E-state index contributed by atoms with van der Waals surface area (Å²) in [4.78, 5) is 28.8. The molecule has 1 aromatic carbocycles. The highest BCUT2D eigenvalue weighted by Crippen LogP contribution is 2.15. The number of carbonyl (C=O) groups excluding carboxylic acids is 1. The number of esters is 1. The molecule has 0 aliphatic heterocycles. The Morgan fingerprint density at radius 2 is 1.84 bits per heavy atom. The fraction of sp³-hybridized carbons (Fsp3) is 0.105. The first-order valence-electron chi connectivity index (χ1n) is 7.81. The smallest absolute Gasteiger partial charge is 0.337 e. The zero-order valence-corrected chi connectivity index (χ0v) is 13.5. The zero-order valence-electron chi connectivity index (χ0n) is 13.5. The van der Waals surface area contributed by atoms with Gasteiger partial charge in [-0.2, -0.15) is 0 Å². The van der Waals surface area contributed by atoms with Gasteiger partial charge in [-0.3, -0.25) is 9.36 Å². The minimum Gasteiger partial charge on any atom is -0.465 e. The number of benzene rings is 1. The molecular formula is C19H15N3O3. The molecule has 0 fully saturated rings. The van der Waals surface area contributed by atoms with Gasteiger partial charge >= 0.3 is 5.97 Å². The third-order valence-electron chi connectivity index (χ3n) is 4.21. The van der Waals surface area contributed by atoms with Gasteiger partial charge in [0.15, 0.2) is 5.65 Å². The van der Waals surface area contributed by atoms with Crippen molar-refractivity contribution < 1.29 is 9.53 Å². The van der Waals surface area contributed by atoms with Crippen molar-refractivity contribution in [1.29, 1.82) is 0 Å². The number of ether oxygens (including phenoxy) is 1. The van der Waals surface area contributed by atoms with Crippen LogP contribution in [0.5, 0.6) is 0 Å². The van der Waals surface area contributed by atoms with E-state index < -0.39 is 0 Å². The summed E-state index contributed by atoms with van der Waals surface area (Å²) in [6, 6.07) is 14.4. The Morgan fingerprint density at radius 1 is 1.08 bits per heavy atom. The van der Waals surface area contributed by atoms with E-state index >= 15 is 0 Å². The third-order valence-corrected chi connectivity index (χ3v) is 4.21. The molecule has 25 heavy (non-hydrogen) atoms. The lowest BCUT2D eigenvalue weighted by Crippen LogP contribution is -2.24. The lowest BCUT2D eigenvalue weighted by Gasteiger charge is -2.12. The topological polar surface area (TPSA) is 65.6 Å². The maximum absolute atomic E-state index is 12.9. The Balaban J connectivity index is 1.84. The van der Waals surface area contributed by atoms with Crippen LogP contribution in [0.4, 0.5) is 0 Å². The van der Waals surface area contributed by atoms with Gasteiger partial charge in [-0.05, 0) is 42.0 Å². The number of pyridine rings is 1. The number of rotatable bonds is 3. The molecule has 0 saturated heterocycles. The number of carbonyl (C=O) groups is 1. The SMILES string of the molecule is COC(=O)c1ccc(Cn2c(=O)c3cccn3c3cccnc32)cc1. The molecule has 4 aromatic rings. The Labute approximate surface area is 142 Å². The highest BCUT2D eigenvalue weighted by atomic mass is 16.5. The minimum absolute atomic E-state index is 0.103. The molecule has 0 bridgehead atoms. The van der Waals surface area contributed by atoms with Crippen molar-refractivity contribution in [3.63, 3.8) is 0 Å². The second kappa shape index (κ2) is 5.90. The van der Waals surface area contributed by atoms with Crippen molar-refractivity contribution in [2.45, 2.75) is 6.54 Å². The molecule has 3 heterocycles. The van der Waals surface area contributed by atoms with Gasteiger partial charge in [-0.1, -0.05) is 12.1 Å². The molecular weight excluding hydrogens is 318 g/mol. The summed E-state index contributed by atoms with van der Waals surface area (Å²) >= 11 is 0. The van der Waals surface area contributed by atoms with E-state index in [0.29, 0.717) is 23.3 Å². The van der Waals surface area contributed by atoms with Crippen molar-refractivity contribution >= 4 is 22.6 Å². The van der Waals surface area contributed by atoms with Crippen molar-refractivity contribution in [1.82, 2.24) is 14.0 Å². The summed E-state index contributed by atoms with van der Waals surface area (Å²) in [6.07, 6.45) is 3.53. The predicted molar refractivity (Wildman–Crippen MR) is 93.8 cm³/mol. The predicted octanol–water partition coefficient (Wildman–Crippen LogP) is 2.48. The van der Waals surface area contributed by atoms with Crippen molar-refractivity contribution in [2.75, 3.05) is 7.11 Å². The average molecular weight is 333 g/mol. The van der Waals surface area contributed by atoms with E-state index in [1.807, 2.05) is 40.9 Å². The van der Waals surface area contributed by atoms with Crippen LogP contribution in [0.3, 0.4) is 0 Å². The van der Waals surface area contributed by atoms with E-state index in [1.165, 1.54) is 7.11 Å². The standard InChI is InChI=1S/C19H15N3O3/c1-25-19(24)14-8-6-13(7-9-14)12-22-17-15(4-2-10-20-17)21-11-3-5-16(21)18(22)23/h2-11H,12H2,1H3. The van der Waals surface area contributed by atoms with Crippen LogP contribution < -0.4 is 5.56 Å². The molecule has 0 atom stereocenters. The van der Waals surface area contributed by atoms with Gasteiger partial charge in [0.25, 0.3) is 5.56 Å². The summed E-state index contributed by atoms with van der Waals surface area (Å²) in [5.74, 6) is -0.384. The molecule has 0 aliphatic rings. The lowest BCUT2D eigenvalue weighted by molar-refractivity contribution is 0.0600. The summed E-state index contributed by atoms with van der Waals surface area (Å²) in [5.41, 5.74) is 3.36. The summed E-state index contributed by atoms with van der Waals surface area (Å²) < 4.78 is 8.20. The van der Waals surface area contributed by atoms with Gasteiger partial charge in [0, 0.05) is 12.4 Å². The maximum Gasteiger partial charge on any atom is 0.337 e. The van der Waals surface area contributed by atoms with Crippen LogP contribution in [-0.4, -0.2) is 27.0 Å². The fourth-order valence-electron chi connectivity index (χ4n) is 2.98. The van der Waals surface area contributed by atoms with Crippen molar-refractivity contribution in [3.8, 4) is 0 Å². The third kappa shape index (κ3) is 2.48. The quantitative estimate of drug-likeness (QED) is 0.540. The largest absolute Gasteiger partial charge is 0.465 e. The number of hydrogen-bond donors (Lipinski definition) is 0. The summed E-state index contributed by atoms with van der Waals surface area (Å²) in [7, 11) is 1.35.